The van der Waals surface area contributed by atoms with Gasteiger partial charge in [-0.05, 0) is 18.1 Å². The van der Waals surface area contributed by atoms with E-state index in [4.69, 9.17) is 0 Å². The lowest BCUT2D eigenvalue weighted by Crippen LogP contribution is -2.10. The van der Waals surface area contributed by atoms with Gasteiger partial charge in [-0.2, -0.15) is 13.2 Å². The summed E-state index contributed by atoms with van der Waals surface area (Å²) in [6.45, 7) is 3.96. The zero-order chi connectivity index (χ0) is 13.8. The molecule has 0 aromatic heterocycles. The predicted molar refractivity (Wildman–Crippen MR) is 64.5 cm³/mol. The van der Waals surface area contributed by atoms with Crippen LogP contribution in [0.5, 0.6) is 0 Å². The lowest BCUT2D eigenvalue weighted by Gasteiger charge is -2.12. The molecular formula is C14H17F3O. The van der Waals surface area contributed by atoms with E-state index in [1.165, 1.54) is 12.1 Å². The number of benzene rings is 1. The zero-order valence-electron chi connectivity index (χ0n) is 10.6. The van der Waals surface area contributed by atoms with Crippen molar-refractivity contribution in [3.05, 3.63) is 35.4 Å². The summed E-state index contributed by atoms with van der Waals surface area (Å²) < 4.78 is 37.5. The van der Waals surface area contributed by atoms with Crippen LogP contribution in [-0.2, 0) is 6.18 Å². The normalized spacial score (nSPS) is 11.9. The number of halogens is 3. The number of carbonyl (C=O) groups is 1. The van der Waals surface area contributed by atoms with Gasteiger partial charge >= 0.3 is 6.18 Å². The van der Waals surface area contributed by atoms with E-state index < -0.39 is 11.7 Å². The highest BCUT2D eigenvalue weighted by molar-refractivity contribution is 5.96. The van der Waals surface area contributed by atoms with Crippen molar-refractivity contribution in [1.82, 2.24) is 0 Å². The molecule has 0 N–H and O–H groups in total. The molecule has 18 heavy (non-hydrogen) atoms. The van der Waals surface area contributed by atoms with Crippen LogP contribution in [0.2, 0.25) is 0 Å². The molecule has 0 bridgehead atoms. The molecule has 1 aromatic carbocycles. The average Bonchev–Trinajstić information content (AvgIpc) is 2.34. The second-order valence-corrected chi connectivity index (χ2v) is 4.39. The van der Waals surface area contributed by atoms with E-state index >= 15 is 0 Å². The molecule has 0 spiro atoms. The number of hydrogen-bond acceptors (Lipinski definition) is 1. The molecule has 0 saturated carbocycles. The molecule has 0 aliphatic carbocycles. The van der Waals surface area contributed by atoms with Crippen molar-refractivity contribution in [2.45, 2.75) is 39.3 Å². The van der Waals surface area contributed by atoms with E-state index in [2.05, 4.69) is 0 Å². The van der Waals surface area contributed by atoms with Crippen LogP contribution in [0.4, 0.5) is 13.2 Å². The molecule has 0 amide bonds. The van der Waals surface area contributed by atoms with E-state index in [1.54, 1.807) is 0 Å². The number of carbonyl (C=O) groups excluding carboxylic acids is 1. The molecule has 0 saturated heterocycles. The summed E-state index contributed by atoms with van der Waals surface area (Å²) in [7, 11) is 0. The van der Waals surface area contributed by atoms with E-state index in [1.807, 2.05) is 13.8 Å². The van der Waals surface area contributed by atoms with Gasteiger partial charge in [0.05, 0.1) is 5.56 Å². The number of alkyl halides is 3. The maximum absolute atomic E-state index is 12.5. The zero-order valence-corrected chi connectivity index (χ0v) is 10.6. The third kappa shape index (κ3) is 3.86. The molecule has 0 heterocycles. The molecule has 0 aliphatic rings. The lowest BCUT2D eigenvalue weighted by molar-refractivity contribution is -0.137. The molecule has 4 heteroatoms. The second-order valence-electron chi connectivity index (χ2n) is 4.39. The summed E-state index contributed by atoms with van der Waals surface area (Å²) in [5, 5.41) is 0. The van der Waals surface area contributed by atoms with Crippen molar-refractivity contribution in [2.75, 3.05) is 0 Å². The standard InChI is InChI=1S/C14H17F3O/c1-3-10(4-2)8-13(18)11-6-5-7-12(9-11)14(15,16)17/h5-7,9-10H,3-4,8H2,1-2H3. The number of hydrogen-bond donors (Lipinski definition) is 0. The first kappa shape index (κ1) is 14.7. The van der Waals surface area contributed by atoms with Crippen LogP contribution < -0.4 is 0 Å². The molecule has 0 radical (unpaired) electrons. The lowest BCUT2D eigenvalue weighted by atomic mass is 9.93. The highest BCUT2D eigenvalue weighted by atomic mass is 19.4. The third-order valence-corrected chi connectivity index (χ3v) is 3.14. The van der Waals surface area contributed by atoms with Gasteiger partial charge in [0.2, 0.25) is 0 Å². The molecule has 1 rings (SSSR count). The third-order valence-electron chi connectivity index (χ3n) is 3.14. The van der Waals surface area contributed by atoms with Crippen LogP contribution in [0, 0.1) is 5.92 Å². The van der Waals surface area contributed by atoms with Gasteiger partial charge in [0.25, 0.3) is 0 Å². The van der Waals surface area contributed by atoms with Crippen LogP contribution in [-0.4, -0.2) is 5.78 Å². The van der Waals surface area contributed by atoms with E-state index in [-0.39, 0.29) is 17.3 Å². The molecule has 0 aliphatic heterocycles. The van der Waals surface area contributed by atoms with Crippen molar-refractivity contribution in [2.24, 2.45) is 5.92 Å². The summed E-state index contributed by atoms with van der Waals surface area (Å²) in [6, 6.07) is 4.64. The van der Waals surface area contributed by atoms with Gasteiger partial charge < -0.3 is 0 Å². The monoisotopic (exact) mass is 258 g/mol. The summed E-state index contributed by atoms with van der Waals surface area (Å²) in [4.78, 5) is 11.9. The SMILES string of the molecule is CCC(CC)CC(=O)c1cccc(C(F)(F)F)c1. The molecular weight excluding hydrogens is 241 g/mol. The Balaban J connectivity index is 2.87. The largest absolute Gasteiger partial charge is 0.416 e. The van der Waals surface area contributed by atoms with Crippen LogP contribution >= 0.6 is 0 Å². The topological polar surface area (TPSA) is 17.1 Å². The minimum Gasteiger partial charge on any atom is -0.294 e. The summed E-state index contributed by atoms with van der Waals surface area (Å²) in [5.41, 5.74) is -0.616. The summed E-state index contributed by atoms with van der Waals surface area (Å²) >= 11 is 0. The van der Waals surface area contributed by atoms with E-state index in [9.17, 15) is 18.0 Å². The maximum Gasteiger partial charge on any atom is 0.416 e. The number of rotatable bonds is 5. The van der Waals surface area contributed by atoms with Gasteiger partial charge in [0.15, 0.2) is 5.78 Å². The van der Waals surface area contributed by atoms with Gasteiger partial charge in [-0.3, -0.25) is 4.79 Å². The van der Waals surface area contributed by atoms with Crippen LogP contribution in [0.25, 0.3) is 0 Å². The fourth-order valence-corrected chi connectivity index (χ4v) is 1.83. The molecule has 0 atom stereocenters. The fraction of sp³-hybridized carbons (Fsp3) is 0.500. The van der Waals surface area contributed by atoms with E-state index in [0.717, 1.165) is 25.0 Å². The van der Waals surface area contributed by atoms with E-state index in [0.29, 0.717) is 6.42 Å². The predicted octanol–water partition coefficient (Wildman–Crippen LogP) is 4.71. The van der Waals surface area contributed by atoms with Crippen LogP contribution in [0.1, 0.15) is 49.0 Å². The van der Waals surface area contributed by atoms with Gasteiger partial charge in [-0.15, -0.1) is 0 Å². The number of ketones is 1. The average molecular weight is 258 g/mol. The minimum atomic E-state index is -4.40. The Morgan fingerprint density at radius 3 is 2.33 bits per heavy atom. The molecule has 100 valence electrons. The summed E-state index contributed by atoms with van der Waals surface area (Å²) in [5.74, 6) is 0.0295. The smallest absolute Gasteiger partial charge is 0.294 e. The van der Waals surface area contributed by atoms with Crippen LogP contribution in [0.3, 0.4) is 0 Å². The van der Waals surface area contributed by atoms with Gasteiger partial charge in [0, 0.05) is 12.0 Å². The Morgan fingerprint density at radius 2 is 1.83 bits per heavy atom. The Labute approximate surface area is 105 Å². The van der Waals surface area contributed by atoms with Crippen molar-refractivity contribution in [1.29, 1.82) is 0 Å². The van der Waals surface area contributed by atoms with Gasteiger partial charge in [0.1, 0.15) is 0 Å². The molecule has 0 unspecified atom stereocenters. The Kier molecular flexibility index (Phi) is 4.93. The van der Waals surface area contributed by atoms with Crippen molar-refractivity contribution in [3.63, 3.8) is 0 Å². The van der Waals surface area contributed by atoms with Crippen molar-refractivity contribution >= 4 is 5.78 Å². The first-order valence-corrected chi connectivity index (χ1v) is 6.08. The Hall–Kier alpha value is -1.32. The summed E-state index contributed by atoms with van der Waals surface area (Å²) in [6.07, 6.45) is -2.36. The maximum atomic E-state index is 12.5. The fourth-order valence-electron chi connectivity index (χ4n) is 1.83. The quantitative estimate of drug-likeness (QED) is 0.699. The Morgan fingerprint density at radius 1 is 1.22 bits per heavy atom. The van der Waals surface area contributed by atoms with Gasteiger partial charge in [-0.25, -0.2) is 0 Å². The Bertz CT molecular complexity index is 406. The first-order chi connectivity index (χ1) is 8.38. The van der Waals surface area contributed by atoms with Crippen molar-refractivity contribution < 1.29 is 18.0 Å². The molecule has 0 fully saturated rings. The minimum absolute atomic E-state index is 0.150. The second kappa shape index (κ2) is 6.03. The van der Waals surface area contributed by atoms with Crippen molar-refractivity contribution in [3.8, 4) is 0 Å². The van der Waals surface area contributed by atoms with Crippen LogP contribution in [0.15, 0.2) is 24.3 Å². The highest BCUT2D eigenvalue weighted by Crippen LogP contribution is 2.30. The van der Waals surface area contributed by atoms with Gasteiger partial charge in [-0.1, -0.05) is 38.8 Å². The number of Topliss-reactive ketones (excluding diaryl/α,β-unsaturated/α-hetero) is 1. The highest BCUT2D eigenvalue weighted by Gasteiger charge is 2.30. The molecule has 1 aromatic rings. The molecule has 1 nitrogen and oxygen atoms in total. The first-order valence-electron chi connectivity index (χ1n) is 6.08.